The SMILES string of the molecule is CC(C)(C)OC(=O)N[C@@H]1[C@H](C(=O)O)C1(C)C. The van der Waals surface area contributed by atoms with Gasteiger partial charge in [-0.3, -0.25) is 4.79 Å². The monoisotopic (exact) mass is 229 g/mol. The molecule has 0 aliphatic heterocycles. The van der Waals surface area contributed by atoms with Crippen LogP contribution < -0.4 is 5.32 Å². The maximum Gasteiger partial charge on any atom is 0.407 e. The highest BCUT2D eigenvalue weighted by Crippen LogP contribution is 2.51. The number of carbonyl (C=O) groups excluding carboxylic acids is 1. The van der Waals surface area contributed by atoms with Crippen LogP contribution in [0.2, 0.25) is 0 Å². The van der Waals surface area contributed by atoms with Crippen LogP contribution in [0.4, 0.5) is 4.79 Å². The summed E-state index contributed by atoms with van der Waals surface area (Å²) in [5.74, 6) is -1.41. The lowest BCUT2D eigenvalue weighted by Gasteiger charge is -2.20. The Morgan fingerprint density at radius 2 is 1.81 bits per heavy atom. The Hall–Kier alpha value is -1.26. The van der Waals surface area contributed by atoms with E-state index in [1.54, 1.807) is 20.8 Å². The van der Waals surface area contributed by atoms with Crippen LogP contribution in [0.15, 0.2) is 0 Å². The van der Waals surface area contributed by atoms with Crippen molar-refractivity contribution in [2.75, 3.05) is 0 Å². The zero-order valence-corrected chi connectivity index (χ0v) is 10.3. The van der Waals surface area contributed by atoms with E-state index < -0.39 is 29.0 Å². The summed E-state index contributed by atoms with van der Waals surface area (Å²) >= 11 is 0. The molecular weight excluding hydrogens is 210 g/mol. The third-order valence-electron chi connectivity index (χ3n) is 2.77. The van der Waals surface area contributed by atoms with E-state index in [0.29, 0.717) is 0 Å². The second-order valence-corrected chi connectivity index (χ2v) is 5.76. The molecule has 0 saturated heterocycles. The van der Waals surface area contributed by atoms with Gasteiger partial charge >= 0.3 is 12.1 Å². The number of rotatable bonds is 2. The van der Waals surface area contributed by atoms with E-state index in [2.05, 4.69) is 5.32 Å². The zero-order chi connectivity index (χ0) is 12.7. The van der Waals surface area contributed by atoms with Gasteiger partial charge in [0.2, 0.25) is 0 Å². The van der Waals surface area contributed by atoms with Crippen molar-refractivity contribution in [3.05, 3.63) is 0 Å². The molecule has 1 amide bonds. The lowest BCUT2D eigenvalue weighted by Crippen LogP contribution is -2.35. The third kappa shape index (κ3) is 2.65. The van der Waals surface area contributed by atoms with Crippen LogP contribution in [0.3, 0.4) is 0 Å². The van der Waals surface area contributed by atoms with Crippen molar-refractivity contribution in [2.45, 2.75) is 46.3 Å². The highest BCUT2D eigenvalue weighted by molar-refractivity contribution is 5.79. The van der Waals surface area contributed by atoms with Crippen molar-refractivity contribution in [3.63, 3.8) is 0 Å². The summed E-state index contributed by atoms with van der Waals surface area (Å²) in [4.78, 5) is 22.3. The molecule has 0 heterocycles. The number of amides is 1. The van der Waals surface area contributed by atoms with Gasteiger partial charge in [0.25, 0.3) is 0 Å². The molecular formula is C11H19NO4. The summed E-state index contributed by atoms with van der Waals surface area (Å²) < 4.78 is 5.07. The van der Waals surface area contributed by atoms with Crippen molar-refractivity contribution in [1.82, 2.24) is 5.32 Å². The number of nitrogens with one attached hydrogen (secondary N) is 1. The third-order valence-corrected chi connectivity index (χ3v) is 2.77. The summed E-state index contributed by atoms with van der Waals surface area (Å²) in [6, 6.07) is -0.347. The van der Waals surface area contributed by atoms with Crippen molar-refractivity contribution in [1.29, 1.82) is 0 Å². The molecule has 5 nitrogen and oxygen atoms in total. The number of alkyl carbamates (subject to hydrolysis) is 1. The molecule has 2 atom stereocenters. The fraction of sp³-hybridized carbons (Fsp3) is 0.818. The Bertz CT molecular complexity index is 316. The van der Waals surface area contributed by atoms with Crippen LogP contribution >= 0.6 is 0 Å². The molecule has 0 aromatic heterocycles. The standard InChI is InChI=1S/C11H19NO4/c1-10(2,3)16-9(15)12-7-6(8(13)14)11(7,4)5/h6-7H,1-5H3,(H,12,15)(H,13,14)/t6-,7-/m1/s1. The summed E-state index contributed by atoms with van der Waals surface area (Å²) in [5, 5.41) is 11.5. The van der Waals surface area contributed by atoms with E-state index in [9.17, 15) is 9.59 Å². The maximum atomic E-state index is 11.4. The fourth-order valence-corrected chi connectivity index (χ4v) is 1.80. The molecule has 0 radical (unpaired) electrons. The van der Waals surface area contributed by atoms with Crippen LogP contribution in [0.1, 0.15) is 34.6 Å². The summed E-state index contributed by atoms with van der Waals surface area (Å²) in [6.45, 7) is 8.92. The van der Waals surface area contributed by atoms with Crippen LogP contribution in [0, 0.1) is 11.3 Å². The minimum absolute atomic E-state index is 0.347. The van der Waals surface area contributed by atoms with E-state index in [1.165, 1.54) is 0 Å². The number of carboxylic acid groups (broad SMARTS) is 1. The van der Waals surface area contributed by atoms with Crippen LogP contribution in [-0.4, -0.2) is 28.8 Å². The van der Waals surface area contributed by atoms with Crippen molar-refractivity contribution >= 4 is 12.1 Å². The Morgan fingerprint density at radius 3 is 2.12 bits per heavy atom. The fourth-order valence-electron chi connectivity index (χ4n) is 1.80. The van der Waals surface area contributed by atoms with Crippen molar-refractivity contribution in [2.24, 2.45) is 11.3 Å². The molecule has 0 bridgehead atoms. The van der Waals surface area contributed by atoms with Gasteiger partial charge in [-0.25, -0.2) is 4.79 Å². The predicted molar refractivity (Wildman–Crippen MR) is 58.1 cm³/mol. The minimum Gasteiger partial charge on any atom is -0.481 e. The number of ether oxygens (including phenoxy) is 1. The largest absolute Gasteiger partial charge is 0.481 e. The second kappa shape index (κ2) is 3.64. The van der Waals surface area contributed by atoms with Gasteiger partial charge in [0.05, 0.1) is 12.0 Å². The maximum absolute atomic E-state index is 11.4. The van der Waals surface area contributed by atoms with Gasteiger partial charge in [0.1, 0.15) is 5.60 Å². The molecule has 2 N–H and O–H groups in total. The van der Waals surface area contributed by atoms with Gasteiger partial charge in [-0.2, -0.15) is 0 Å². The Balaban J connectivity index is 2.52. The van der Waals surface area contributed by atoms with Crippen molar-refractivity contribution in [3.8, 4) is 0 Å². The first-order chi connectivity index (χ1) is 7.05. The predicted octanol–water partition coefficient (Wildman–Crippen LogP) is 1.62. The summed E-state index contributed by atoms with van der Waals surface area (Å²) in [7, 11) is 0. The molecule has 5 heteroatoms. The number of carbonyl (C=O) groups is 2. The number of hydrogen-bond donors (Lipinski definition) is 2. The quantitative estimate of drug-likeness (QED) is 0.754. The molecule has 1 rings (SSSR count). The summed E-state index contributed by atoms with van der Waals surface area (Å²) in [6.07, 6.45) is -0.561. The molecule has 0 unspecified atom stereocenters. The number of carboxylic acids is 1. The average Bonchev–Trinajstić information content (AvgIpc) is 2.47. The number of hydrogen-bond acceptors (Lipinski definition) is 3. The zero-order valence-electron chi connectivity index (χ0n) is 10.3. The number of aliphatic carboxylic acids is 1. The van der Waals surface area contributed by atoms with Gasteiger partial charge in [-0.15, -0.1) is 0 Å². The highest BCUT2D eigenvalue weighted by Gasteiger charge is 2.63. The molecule has 1 aliphatic carbocycles. The highest BCUT2D eigenvalue weighted by atomic mass is 16.6. The first-order valence-corrected chi connectivity index (χ1v) is 5.28. The second-order valence-electron chi connectivity index (χ2n) is 5.76. The first kappa shape index (κ1) is 12.8. The van der Waals surface area contributed by atoms with Gasteiger partial charge in [-0.05, 0) is 20.8 Å². The van der Waals surface area contributed by atoms with Crippen LogP contribution in [0.5, 0.6) is 0 Å². The van der Waals surface area contributed by atoms with Crippen LogP contribution in [-0.2, 0) is 9.53 Å². The van der Waals surface area contributed by atoms with E-state index in [0.717, 1.165) is 0 Å². The molecule has 16 heavy (non-hydrogen) atoms. The molecule has 1 fully saturated rings. The molecule has 92 valence electrons. The topological polar surface area (TPSA) is 75.6 Å². The van der Waals surface area contributed by atoms with Gasteiger partial charge in [0.15, 0.2) is 0 Å². The lowest BCUT2D eigenvalue weighted by atomic mass is 10.1. The minimum atomic E-state index is -0.883. The van der Waals surface area contributed by atoms with E-state index in [-0.39, 0.29) is 6.04 Å². The normalized spacial score (nSPS) is 27.1. The van der Waals surface area contributed by atoms with Gasteiger partial charge in [0, 0.05) is 5.41 Å². The lowest BCUT2D eigenvalue weighted by molar-refractivity contribution is -0.139. The molecule has 0 aromatic carbocycles. The Morgan fingerprint density at radius 1 is 1.31 bits per heavy atom. The molecule has 1 saturated carbocycles. The molecule has 0 spiro atoms. The van der Waals surface area contributed by atoms with Crippen molar-refractivity contribution < 1.29 is 19.4 Å². The first-order valence-electron chi connectivity index (χ1n) is 5.28. The molecule has 1 aliphatic rings. The smallest absolute Gasteiger partial charge is 0.407 e. The van der Waals surface area contributed by atoms with Gasteiger partial charge in [-0.1, -0.05) is 13.8 Å². The Labute approximate surface area is 95.2 Å². The van der Waals surface area contributed by atoms with E-state index in [1.807, 2.05) is 13.8 Å². The van der Waals surface area contributed by atoms with Crippen LogP contribution in [0.25, 0.3) is 0 Å². The molecule has 0 aromatic rings. The average molecular weight is 229 g/mol. The van der Waals surface area contributed by atoms with E-state index >= 15 is 0 Å². The van der Waals surface area contributed by atoms with E-state index in [4.69, 9.17) is 9.84 Å². The summed E-state index contributed by atoms with van der Waals surface area (Å²) in [5.41, 5.74) is -0.968. The Kier molecular flexibility index (Phi) is 2.92. The van der Waals surface area contributed by atoms with Gasteiger partial charge < -0.3 is 15.2 Å².